The summed E-state index contributed by atoms with van der Waals surface area (Å²) in [5.41, 5.74) is 7.67. The van der Waals surface area contributed by atoms with Crippen LogP contribution in [0.15, 0.2) is 30.5 Å². The second-order valence-electron chi connectivity index (χ2n) is 3.96. The van der Waals surface area contributed by atoms with Crippen molar-refractivity contribution >= 4 is 0 Å². The maximum Gasteiger partial charge on any atom is 0.132 e. The molecule has 0 spiro atoms. The van der Waals surface area contributed by atoms with Gasteiger partial charge in [0, 0.05) is 24.8 Å². The molecular formula is C13H16FN3. The molecule has 2 N–H and O–H groups in total. The summed E-state index contributed by atoms with van der Waals surface area (Å²) in [6, 6.07) is 6.93. The van der Waals surface area contributed by atoms with Gasteiger partial charge in [-0.3, -0.25) is 4.68 Å². The normalized spacial score (nSPS) is 10.8. The van der Waals surface area contributed by atoms with Crippen molar-refractivity contribution in [3.05, 3.63) is 41.8 Å². The lowest BCUT2D eigenvalue weighted by Gasteiger charge is -2.08. The number of hydrogen-bond acceptors (Lipinski definition) is 2. The van der Waals surface area contributed by atoms with Gasteiger partial charge in [-0.15, -0.1) is 0 Å². The summed E-state index contributed by atoms with van der Waals surface area (Å²) in [5, 5.41) is 4.19. The smallest absolute Gasteiger partial charge is 0.132 e. The average Bonchev–Trinajstić information content (AvgIpc) is 2.77. The van der Waals surface area contributed by atoms with E-state index in [1.54, 1.807) is 12.3 Å². The number of rotatable bonds is 4. The number of aryl methyl sites for hydroxylation is 1. The number of nitrogens with two attached hydrogens (primary N) is 1. The highest BCUT2D eigenvalue weighted by Gasteiger charge is 2.10. The largest absolute Gasteiger partial charge is 0.326 e. The van der Waals surface area contributed by atoms with Crippen LogP contribution in [0.25, 0.3) is 11.3 Å². The van der Waals surface area contributed by atoms with Crippen molar-refractivity contribution in [3.63, 3.8) is 0 Å². The molecule has 0 saturated heterocycles. The van der Waals surface area contributed by atoms with Crippen molar-refractivity contribution in [3.8, 4) is 11.3 Å². The molecule has 3 nitrogen and oxygen atoms in total. The second kappa shape index (κ2) is 5.10. The number of benzene rings is 1. The number of hydrogen-bond donors (Lipinski definition) is 1. The van der Waals surface area contributed by atoms with Crippen molar-refractivity contribution < 1.29 is 4.39 Å². The summed E-state index contributed by atoms with van der Waals surface area (Å²) in [6.07, 6.45) is 2.67. The van der Waals surface area contributed by atoms with Gasteiger partial charge < -0.3 is 5.73 Å². The average molecular weight is 233 g/mol. The van der Waals surface area contributed by atoms with Crippen LogP contribution in [0.1, 0.15) is 18.9 Å². The van der Waals surface area contributed by atoms with E-state index in [0.29, 0.717) is 12.1 Å². The lowest BCUT2D eigenvalue weighted by atomic mass is 10.1. The Kier molecular flexibility index (Phi) is 3.54. The fraction of sp³-hybridized carbons (Fsp3) is 0.308. The molecule has 0 bridgehead atoms. The maximum atomic E-state index is 13.9. The van der Waals surface area contributed by atoms with Crippen LogP contribution in [-0.4, -0.2) is 9.78 Å². The van der Waals surface area contributed by atoms with Gasteiger partial charge in [-0.05, 0) is 30.2 Å². The van der Waals surface area contributed by atoms with E-state index < -0.39 is 0 Å². The summed E-state index contributed by atoms with van der Waals surface area (Å²) in [7, 11) is 0. The van der Waals surface area contributed by atoms with Gasteiger partial charge in [0.2, 0.25) is 0 Å². The van der Waals surface area contributed by atoms with Gasteiger partial charge in [-0.25, -0.2) is 4.39 Å². The van der Waals surface area contributed by atoms with Crippen molar-refractivity contribution in [1.82, 2.24) is 9.78 Å². The molecule has 1 aromatic carbocycles. The van der Waals surface area contributed by atoms with Crippen LogP contribution in [0.3, 0.4) is 0 Å². The van der Waals surface area contributed by atoms with Crippen LogP contribution < -0.4 is 5.73 Å². The predicted octanol–water partition coefficient (Wildman–Crippen LogP) is 2.56. The molecule has 0 atom stereocenters. The highest BCUT2D eigenvalue weighted by atomic mass is 19.1. The Bertz CT molecular complexity index is 505. The lowest BCUT2D eigenvalue weighted by molar-refractivity contribution is 0.597. The van der Waals surface area contributed by atoms with Gasteiger partial charge in [0.15, 0.2) is 0 Å². The van der Waals surface area contributed by atoms with Crippen molar-refractivity contribution in [1.29, 1.82) is 0 Å². The molecule has 17 heavy (non-hydrogen) atoms. The molecule has 4 heteroatoms. The van der Waals surface area contributed by atoms with Crippen LogP contribution in [0.2, 0.25) is 0 Å². The van der Waals surface area contributed by atoms with Crippen molar-refractivity contribution in [2.45, 2.75) is 26.4 Å². The van der Waals surface area contributed by atoms with Crippen molar-refractivity contribution in [2.24, 2.45) is 5.73 Å². The van der Waals surface area contributed by atoms with Gasteiger partial charge in [-0.2, -0.15) is 5.10 Å². The number of nitrogens with zero attached hydrogens (tertiary/aromatic N) is 2. The Morgan fingerprint density at radius 1 is 1.35 bits per heavy atom. The Balaban J connectivity index is 2.42. The van der Waals surface area contributed by atoms with Crippen LogP contribution in [0.5, 0.6) is 0 Å². The zero-order valence-electron chi connectivity index (χ0n) is 9.86. The van der Waals surface area contributed by atoms with Crippen LogP contribution in [0.4, 0.5) is 4.39 Å². The van der Waals surface area contributed by atoms with Gasteiger partial charge in [0.1, 0.15) is 5.82 Å². The van der Waals surface area contributed by atoms with Gasteiger partial charge >= 0.3 is 0 Å². The Morgan fingerprint density at radius 3 is 2.82 bits per heavy atom. The molecule has 90 valence electrons. The molecule has 0 saturated carbocycles. The van der Waals surface area contributed by atoms with Crippen LogP contribution in [-0.2, 0) is 13.1 Å². The first kappa shape index (κ1) is 11.8. The monoisotopic (exact) mass is 233 g/mol. The summed E-state index contributed by atoms with van der Waals surface area (Å²) in [6.45, 7) is 3.21. The first-order valence-corrected chi connectivity index (χ1v) is 5.77. The zero-order chi connectivity index (χ0) is 12.3. The summed E-state index contributed by atoms with van der Waals surface area (Å²) in [4.78, 5) is 0. The lowest BCUT2D eigenvalue weighted by Crippen LogP contribution is -2.03. The molecule has 2 aromatic rings. The Hall–Kier alpha value is -1.68. The quantitative estimate of drug-likeness (QED) is 0.882. The van der Waals surface area contributed by atoms with E-state index >= 15 is 0 Å². The molecule has 0 fully saturated rings. The predicted molar refractivity (Wildman–Crippen MR) is 65.8 cm³/mol. The zero-order valence-corrected chi connectivity index (χ0v) is 9.86. The van der Waals surface area contributed by atoms with Crippen LogP contribution in [0, 0.1) is 5.82 Å². The molecular weight excluding hydrogens is 217 g/mol. The topological polar surface area (TPSA) is 43.8 Å². The van der Waals surface area contributed by atoms with E-state index in [9.17, 15) is 4.39 Å². The third-order valence-corrected chi connectivity index (χ3v) is 2.70. The molecule has 0 unspecified atom stereocenters. The second-order valence-corrected chi connectivity index (χ2v) is 3.96. The SMILES string of the molecule is CCCn1nccc1-c1ccc(CN)cc1F. The first-order chi connectivity index (χ1) is 8.26. The van der Waals surface area contributed by atoms with E-state index in [0.717, 1.165) is 24.2 Å². The minimum Gasteiger partial charge on any atom is -0.326 e. The van der Waals surface area contributed by atoms with Gasteiger partial charge in [0.05, 0.1) is 5.69 Å². The van der Waals surface area contributed by atoms with E-state index in [1.165, 1.54) is 6.07 Å². The van der Waals surface area contributed by atoms with Crippen molar-refractivity contribution in [2.75, 3.05) is 0 Å². The third-order valence-electron chi connectivity index (χ3n) is 2.70. The standard InChI is InChI=1S/C13H16FN3/c1-2-7-17-13(5-6-16-17)11-4-3-10(9-15)8-12(11)14/h3-6,8H,2,7,9,15H2,1H3. The number of aromatic nitrogens is 2. The molecule has 0 aliphatic rings. The molecule has 0 aliphatic carbocycles. The van der Waals surface area contributed by atoms with Gasteiger partial charge in [0.25, 0.3) is 0 Å². The van der Waals surface area contributed by atoms with E-state index in [2.05, 4.69) is 12.0 Å². The fourth-order valence-corrected chi connectivity index (χ4v) is 1.84. The summed E-state index contributed by atoms with van der Waals surface area (Å²) < 4.78 is 15.7. The molecule has 2 rings (SSSR count). The molecule has 0 aliphatic heterocycles. The highest BCUT2D eigenvalue weighted by molar-refractivity contribution is 5.60. The molecule has 1 aromatic heterocycles. The maximum absolute atomic E-state index is 13.9. The Labute approximate surface area is 100 Å². The highest BCUT2D eigenvalue weighted by Crippen LogP contribution is 2.23. The number of halogens is 1. The molecule has 0 radical (unpaired) electrons. The molecule has 0 amide bonds. The fourth-order valence-electron chi connectivity index (χ4n) is 1.84. The summed E-state index contributed by atoms with van der Waals surface area (Å²) in [5.74, 6) is -0.245. The van der Waals surface area contributed by atoms with E-state index in [4.69, 9.17) is 5.73 Å². The third kappa shape index (κ3) is 2.36. The van der Waals surface area contributed by atoms with E-state index in [1.807, 2.05) is 16.8 Å². The minimum absolute atomic E-state index is 0.245. The van der Waals surface area contributed by atoms with Crippen LogP contribution >= 0.6 is 0 Å². The first-order valence-electron chi connectivity index (χ1n) is 5.77. The Morgan fingerprint density at radius 2 is 2.18 bits per heavy atom. The molecule has 1 heterocycles. The van der Waals surface area contributed by atoms with E-state index in [-0.39, 0.29) is 5.82 Å². The van der Waals surface area contributed by atoms with Gasteiger partial charge in [-0.1, -0.05) is 13.0 Å². The summed E-state index contributed by atoms with van der Waals surface area (Å²) >= 11 is 0. The minimum atomic E-state index is -0.245.